The predicted molar refractivity (Wildman–Crippen MR) is 78.3 cm³/mol. The zero-order chi connectivity index (χ0) is 15.4. The number of anilines is 1. The van der Waals surface area contributed by atoms with Gasteiger partial charge in [-0.25, -0.2) is 9.48 Å². The van der Waals surface area contributed by atoms with E-state index in [9.17, 15) is 9.59 Å². The number of benzene rings is 1. The number of para-hydroxylation sites is 1. The van der Waals surface area contributed by atoms with Gasteiger partial charge in [0.1, 0.15) is 11.7 Å². The van der Waals surface area contributed by atoms with E-state index >= 15 is 0 Å². The maximum Gasteiger partial charge on any atom is 0.354 e. The molecule has 6 heteroatoms. The molecule has 0 spiro atoms. The molecule has 0 bridgehead atoms. The monoisotopic (exact) mass is 287 g/mol. The van der Waals surface area contributed by atoms with Gasteiger partial charge in [-0.2, -0.15) is 5.10 Å². The molecule has 1 atom stereocenters. The van der Waals surface area contributed by atoms with Crippen molar-refractivity contribution in [1.29, 1.82) is 0 Å². The van der Waals surface area contributed by atoms with E-state index in [4.69, 9.17) is 5.11 Å². The largest absolute Gasteiger partial charge is 0.477 e. The van der Waals surface area contributed by atoms with Crippen molar-refractivity contribution in [2.24, 2.45) is 0 Å². The highest BCUT2D eigenvalue weighted by molar-refractivity contribution is 5.95. The Balaban J connectivity index is 2.20. The first-order chi connectivity index (χ1) is 10.0. The van der Waals surface area contributed by atoms with Crippen LogP contribution in [0.3, 0.4) is 0 Å². The van der Waals surface area contributed by atoms with Gasteiger partial charge in [0.2, 0.25) is 5.91 Å². The Morgan fingerprint density at radius 1 is 1.33 bits per heavy atom. The molecule has 2 aromatic rings. The van der Waals surface area contributed by atoms with Crippen molar-refractivity contribution in [3.05, 3.63) is 47.8 Å². The third-order valence-electron chi connectivity index (χ3n) is 3.29. The van der Waals surface area contributed by atoms with Gasteiger partial charge in [-0.15, -0.1) is 0 Å². The lowest BCUT2D eigenvalue weighted by atomic mass is 10.1. The number of carboxylic acid groups (broad SMARTS) is 1. The lowest BCUT2D eigenvalue weighted by Crippen LogP contribution is -2.27. The summed E-state index contributed by atoms with van der Waals surface area (Å²) in [7, 11) is 0. The van der Waals surface area contributed by atoms with Crippen LogP contribution in [0.1, 0.15) is 35.9 Å². The highest BCUT2D eigenvalue weighted by Crippen LogP contribution is 2.18. The quantitative estimate of drug-likeness (QED) is 0.884. The first-order valence-electron chi connectivity index (χ1n) is 6.70. The van der Waals surface area contributed by atoms with Crippen molar-refractivity contribution in [3.63, 3.8) is 0 Å². The van der Waals surface area contributed by atoms with Crippen molar-refractivity contribution in [3.8, 4) is 0 Å². The summed E-state index contributed by atoms with van der Waals surface area (Å²) in [5.41, 5.74) is 1.75. The van der Waals surface area contributed by atoms with Crippen LogP contribution >= 0.6 is 0 Å². The minimum atomic E-state index is -1.11. The van der Waals surface area contributed by atoms with Gasteiger partial charge in [-0.05, 0) is 31.0 Å². The minimum absolute atomic E-state index is 0.0126. The predicted octanol–water partition coefficient (Wildman–Crippen LogP) is 2.34. The molecular weight excluding hydrogens is 270 g/mol. The molecule has 1 amide bonds. The highest BCUT2D eigenvalue weighted by atomic mass is 16.4. The number of aromatic carboxylic acids is 1. The fourth-order valence-corrected chi connectivity index (χ4v) is 2.09. The highest BCUT2D eigenvalue weighted by Gasteiger charge is 2.21. The van der Waals surface area contributed by atoms with E-state index in [-0.39, 0.29) is 11.6 Å². The Hall–Kier alpha value is -2.63. The molecule has 0 aliphatic rings. The molecule has 0 saturated heterocycles. The first kappa shape index (κ1) is 14.8. The third-order valence-corrected chi connectivity index (χ3v) is 3.29. The Labute approximate surface area is 122 Å². The van der Waals surface area contributed by atoms with Gasteiger partial charge in [-0.1, -0.05) is 25.1 Å². The normalized spacial score (nSPS) is 11.9. The van der Waals surface area contributed by atoms with E-state index in [1.165, 1.54) is 16.9 Å². The number of aromatic nitrogens is 2. The lowest BCUT2D eigenvalue weighted by Gasteiger charge is -2.16. The summed E-state index contributed by atoms with van der Waals surface area (Å²) < 4.78 is 1.20. The third kappa shape index (κ3) is 3.10. The van der Waals surface area contributed by atoms with E-state index in [0.717, 1.165) is 17.7 Å². The Morgan fingerprint density at radius 2 is 2.05 bits per heavy atom. The fraction of sp³-hybridized carbons (Fsp3) is 0.267. The molecule has 0 radical (unpaired) electrons. The van der Waals surface area contributed by atoms with Gasteiger partial charge in [-0.3, -0.25) is 4.79 Å². The van der Waals surface area contributed by atoms with Crippen LogP contribution in [0.5, 0.6) is 0 Å². The summed E-state index contributed by atoms with van der Waals surface area (Å²) in [4.78, 5) is 23.4. The topological polar surface area (TPSA) is 84.2 Å². The van der Waals surface area contributed by atoms with Crippen LogP contribution in [-0.4, -0.2) is 26.8 Å². The lowest BCUT2D eigenvalue weighted by molar-refractivity contribution is -0.119. The summed E-state index contributed by atoms with van der Waals surface area (Å²) in [5, 5.41) is 15.8. The maximum absolute atomic E-state index is 12.3. The number of nitrogens with one attached hydrogen (secondary N) is 1. The standard InChI is InChI=1S/C15H17N3O3/c1-3-11-6-4-5-7-12(11)17-14(19)10(2)18-13(15(20)21)8-9-16-18/h4-10H,3H2,1-2H3,(H,17,19)(H,20,21). The zero-order valence-electron chi connectivity index (χ0n) is 11.9. The van der Waals surface area contributed by atoms with Crippen LogP contribution in [0.2, 0.25) is 0 Å². The fourth-order valence-electron chi connectivity index (χ4n) is 2.09. The second-order valence-corrected chi connectivity index (χ2v) is 4.64. The average Bonchev–Trinajstić information content (AvgIpc) is 2.96. The van der Waals surface area contributed by atoms with Gasteiger partial charge >= 0.3 is 5.97 Å². The van der Waals surface area contributed by atoms with Crippen LogP contribution in [0.15, 0.2) is 36.5 Å². The number of aryl methyl sites for hydroxylation is 1. The number of carbonyl (C=O) groups is 2. The van der Waals surface area contributed by atoms with Crippen LogP contribution in [0, 0.1) is 0 Å². The summed E-state index contributed by atoms with van der Waals surface area (Å²) in [5.74, 6) is -1.41. The molecule has 21 heavy (non-hydrogen) atoms. The Kier molecular flexibility index (Phi) is 4.37. The van der Waals surface area contributed by atoms with Crippen molar-refractivity contribution in [1.82, 2.24) is 9.78 Å². The second kappa shape index (κ2) is 6.21. The van der Waals surface area contributed by atoms with E-state index in [1.807, 2.05) is 31.2 Å². The van der Waals surface area contributed by atoms with Crippen LogP contribution in [-0.2, 0) is 11.2 Å². The van der Waals surface area contributed by atoms with Gasteiger partial charge in [0, 0.05) is 11.9 Å². The van der Waals surface area contributed by atoms with Crippen molar-refractivity contribution in [2.75, 3.05) is 5.32 Å². The number of rotatable bonds is 5. The molecule has 0 saturated carbocycles. The van der Waals surface area contributed by atoms with Crippen molar-refractivity contribution in [2.45, 2.75) is 26.3 Å². The number of amides is 1. The SMILES string of the molecule is CCc1ccccc1NC(=O)C(C)n1nccc1C(=O)O. The molecule has 0 fully saturated rings. The zero-order valence-corrected chi connectivity index (χ0v) is 11.9. The summed E-state index contributed by atoms with van der Waals surface area (Å²) in [6.45, 7) is 3.62. The first-order valence-corrected chi connectivity index (χ1v) is 6.70. The summed E-state index contributed by atoms with van der Waals surface area (Å²) >= 11 is 0. The number of carboxylic acids is 1. The van der Waals surface area contributed by atoms with Crippen molar-refractivity contribution < 1.29 is 14.7 Å². The smallest absolute Gasteiger partial charge is 0.354 e. The molecule has 1 aromatic heterocycles. The Bertz CT molecular complexity index is 664. The number of hydrogen-bond donors (Lipinski definition) is 2. The molecule has 6 nitrogen and oxygen atoms in total. The van der Waals surface area contributed by atoms with Gasteiger partial charge in [0.25, 0.3) is 0 Å². The molecule has 1 aromatic carbocycles. The van der Waals surface area contributed by atoms with E-state index in [0.29, 0.717) is 0 Å². The minimum Gasteiger partial charge on any atom is -0.477 e. The van der Waals surface area contributed by atoms with Crippen LogP contribution in [0.4, 0.5) is 5.69 Å². The number of hydrogen-bond acceptors (Lipinski definition) is 3. The molecule has 0 aliphatic heterocycles. The molecule has 1 heterocycles. The van der Waals surface area contributed by atoms with E-state index < -0.39 is 12.0 Å². The molecule has 110 valence electrons. The molecule has 2 N–H and O–H groups in total. The molecule has 2 rings (SSSR count). The van der Waals surface area contributed by atoms with Gasteiger partial charge in [0.05, 0.1) is 0 Å². The second-order valence-electron chi connectivity index (χ2n) is 4.64. The van der Waals surface area contributed by atoms with Crippen LogP contribution < -0.4 is 5.32 Å². The average molecular weight is 287 g/mol. The van der Waals surface area contributed by atoms with Crippen LogP contribution in [0.25, 0.3) is 0 Å². The maximum atomic E-state index is 12.3. The molecule has 1 unspecified atom stereocenters. The molecule has 0 aliphatic carbocycles. The number of nitrogens with zero attached hydrogens (tertiary/aromatic N) is 2. The van der Waals surface area contributed by atoms with E-state index in [1.54, 1.807) is 6.92 Å². The summed E-state index contributed by atoms with van der Waals surface area (Å²) in [6.07, 6.45) is 2.17. The Morgan fingerprint density at radius 3 is 2.71 bits per heavy atom. The van der Waals surface area contributed by atoms with Gasteiger partial charge in [0.15, 0.2) is 0 Å². The van der Waals surface area contributed by atoms with Crippen molar-refractivity contribution >= 4 is 17.6 Å². The van der Waals surface area contributed by atoms with E-state index in [2.05, 4.69) is 10.4 Å². The summed E-state index contributed by atoms with van der Waals surface area (Å²) in [6, 6.07) is 8.17. The molecular formula is C15H17N3O3. The van der Waals surface area contributed by atoms with Gasteiger partial charge < -0.3 is 10.4 Å². The number of carbonyl (C=O) groups excluding carboxylic acids is 1.